The molecule has 2 rings (SSSR count). The Morgan fingerprint density at radius 2 is 1.63 bits per heavy atom. The molecule has 0 aromatic carbocycles. The summed E-state index contributed by atoms with van der Waals surface area (Å²) in [7, 11) is 3.66. The van der Waals surface area contributed by atoms with Crippen molar-refractivity contribution < 1.29 is 9.59 Å². The molecule has 0 aromatic rings. The van der Waals surface area contributed by atoms with E-state index in [0.717, 1.165) is 11.4 Å². The number of carbonyl (C=O) groups is 2. The minimum absolute atomic E-state index is 0. The van der Waals surface area contributed by atoms with E-state index in [0.29, 0.717) is 18.9 Å². The van der Waals surface area contributed by atoms with Crippen LogP contribution in [0.15, 0.2) is 24.6 Å². The molecule has 0 aliphatic carbocycles. The number of likely N-dealkylation sites (tertiary alicyclic amines) is 2. The van der Waals surface area contributed by atoms with Crippen LogP contribution in [-0.4, -0.2) is 42.1 Å². The molecule has 0 radical (unpaired) electrons. The molecule has 0 spiro atoms. The Morgan fingerprint density at radius 3 is 1.74 bits per heavy atom. The van der Waals surface area contributed by atoms with Crippen LogP contribution < -0.4 is 0 Å². The summed E-state index contributed by atoms with van der Waals surface area (Å²) in [6.07, 6.45) is 0.634. The lowest BCUT2D eigenvalue weighted by molar-refractivity contribution is -0.125. The van der Waals surface area contributed by atoms with E-state index in [1.54, 1.807) is 11.9 Å². The monoisotopic (exact) mass is 266 g/mol. The van der Waals surface area contributed by atoms with Crippen molar-refractivity contribution in [1.82, 2.24) is 9.80 Å². The minimum Gasteiger partial charge on any atom is -0.370 e. The molecule has 2 aliphatic heterocycles. The molecular weight excluding hydrogens is 240 g/mol. The van der Waals surface area contributed by atoms with Gasteiger partial charge in [0, 0.05) is 37.8 Å². The highest BCUT2D eigenvalue weighted by atomic mass is 16.2. The van der Waals surface area contributed by atoms with Gasteiger partial charge in [0.1, 0.15) is 0 Å². The van der Waals surface area contributed by atoms with Crippen molar-refractivity contribution in [1.29, 1.82) is 0 Å². The SMILES string of the molecule is C.C=C1C(C)C(=O)CN1C.C=C1C(C)CC(=O)N1C. The number of amides is 1. The van der Waals surface area contributed by atoms with Gasteiger partial charge in [-0.3, -0.25) is 9.59 Å². The van der Waals surface area contributed by atoms with Crippen molar-refractivity contribution in [3.63, 3.8) is 0 Å². The number of hydrogen-bond acceptors (Lipinski definition) is 3. The van der Waals surface area contributed by atoms with Gasteiger partial charge in [-0.15, -0.1) is 0 Å². The second-order valence-corrected chi connectivity index (χ2v) is 5.08. The molecule has 0 aromatic heterocycles. The van der Waals surface area contributed by atoms with Gasteiger partial charge in [-0.25, -0.2) is 0 Å². The van der Waals surface area contributed by atoms with Crippen LogP contribution in [0, 0.1) is 11.8 Å². The van der Waals surface area contributed by atoms with E-state index in [1.165, 1.54) is 0 Å². The summed E-state index contributed by atoms with van der Waals surface area (Å²) in [6, 6.07) is 0. The largest absolute Gasteiger partial charge is 0.370 e. The number of Topliss-reactive ketones (excluding diaryl/α,β-unsaturated/α-hetero) is 1. The number of ketones is 1. The fraction of sp³-hybridized carbons (Fsp3) is 0.600. The first-order chi connectivity index (χ1) is 8.25. The van der Waals surface area contributed by atoms with Gasteiger partial charge >= 0.3 is 0 Å². The molecule has 4 heteroatoms. The zero-order valence-electron chi connectivity index (χ0n) is 11.7. The lowest BCUT2D eigenvalue weighted by atomic mass is 10.1. The van der Waals surface area contributed by atoms with Crippen LogP contribution in [0.4, 0.5) is 0 Å². The van der Waals surface area contributed by atoms with Crippen molar-refractivity contribution in [3.8, 4) is 0 Å². The summed E-state index contributed by atoms with van der Waals surface area (Å²) in [5, 5.41) is 0. The minimum atomic E-state index is 0. The molecule has 2 fully saturated rings. The van der Waals surface area contributed by atoms with Crippen LogP contribution >= 0.6 is 0 Å². The summed E-state index contributed by atoms with van der Waals surface area (Å²) in [4.78, 5) is 25.3. The Kier molecular flexibility index (Phi) is 6.00. The van der Waals surface area contributed by atoms with Gasteiger partial charge in [-0.2, -0.15) is 0 Å². The molecule has 2 heterocycles. The summed E-state index contributed by atoms with van der Waals surface area (Å²) in [5.41, 5.74) is 1.89. The number of carbonyl (C=O) groups excluding carboxylic acids is 2. The molecule has 2 saturated heterocycles. The van der Waals surface area contributed by atoms with Crippen molar-refractivity contribution in [2.75, 3.05) is 20.6 Å². The number of allylic oxidation sites excluding steroid dienone is 2. The zero-order chi connectivity index (χ0) is 14.0. The Bertz CT molecular complexity index is 363. The Morgan fingerprint density at radius 1 is 1.11 bits per heavy atom. The van der Waals surface area contributed by atoms with Gasteiger partial charge < -0.3 is 9.80 Å². The third-order valence-electron chi connectivity index (χ3n) is 3.72. The third kappa shape index (κ3) is 3.69. The molecule has 4 nitrogen and oxygen atoms in total. The standard InChI is InChI=1S/2C7H11NO.CH4/c1-5-6(2)8(3)4-7(5)9;1-5-4-7(9)8(3)6(5)2;/h2*5H,2,4H2,1,3H3;1H4. The van der Waals surface area contributed by atoms with Gasteiger partial charge in [0.05, 0.1) is 12.5 Å². The van der Waals surface area contributed by atoms with E-state index in [9.17, 15) is 9.59 Å². The van der Waals surface area contributed by atoms with Gasteiger partial charge in [0.25, 0.3) is 0 Å². The summed E-state index contributed by atoms with van der Waals surface area (Å²) < 4.78 is 0. The predicted octanol–water partition coefficient (Wildman–Crippen LogP) is 2.29. The molecule has 0 N–H and O–H groups in total. The maximum Gasteiger partial charge on any atom is 0.227 e. The van der Waals surface area contributed by atoms with Crippen LogP contribution in [0.3, 0.4) is 0 Å². The Labute approximate surface area is 116 Å². The van der Waals surface area contributed by atoms with E-state index in [4.69, 9.17) is 0 Å². The van der Waals surface area contributed by atoms with Crippen molar-refractivity contribution in [2.24, 2.45) is 11.8 Å². The molecule has 2 aliphatic rings. The highest BCUT2D eigenvalue weighted by molar-refractivity contribution is 5.87. The van der Waals surface area contributed by atoms with Gasteiger partial charge in [-0.1, -0.05) is 27.5 Å². The molecule has 2 unspecified atom stereocenters. The summed E-state index contributed by atoms with van der Waals surface area (Å²) in [6.45, 7) is 12.0. The van der Waals surface area contributed by atoms with E-state index in [1.807, 2.05) is 25.8 Å². The van der Waals surface area contributed by atoms with Gasteiger partial charge in [0.15, 0.2) is 5.78 Å². The van der Waals surface area contributed by atoms with Crippen LogP contribution in [-0.2, 0) is 9.59 Å². The summed E-state index contributed by atoms with van der Waals surface area (Å²) >= 11 is 0. The van der Waals surface area contributed by atoms with Crippen LogP contribution in [0.25, 0.3) is 0 Å². The maximum absolute atomic E-state index is 10.9. The lowest BCUT2D eigenvalue weighted by Gasteiger charge is -2.10. The first-order valence-corrected chi connectivity index (χ1v) is 6.13. The molecular formula is C15H26N2O2. The Balaban J connectivity index is 0.000000324. The molecule has 0 bridgehead atoms. The van der Waals surface area contributed by atoms with Crippen molar-refractivity contribution in [3.05, 3.63) is 24.6 Å². The van der Waals surface area contributed by atoms with E-state index >= 15 is 0 Å². The number of hydrogen-bond donors (Lipinski definition) is 0. The zero-order valence-corrected chi connectivity index (χ0v) is 11.7. The van der Waals surface area contributed by atoms with Gasteiger partial charge in [-0.05, 0) is 6.92 Å². The molecule has 2 atom stereocenters. The smallest absolute Gasteiger partial charge is 0.227 e. The first-order valence-electron chi connectivity index (χ1n) is 6.13. The topological polar surface area (TPSA) is 40.6 Å². The van der Waals surface area contributed by atoms with E-state index in [2.05, 4.69) is 13.2 Å². The number of likely N-dealkylation sites (N-methyl/N-ethyl adjacent to an activating group) is 1. The fourth-order valence-corrected chi connectivity index (χ4v) is 2.00. The second-order valence-electron chi connectivity index (χ2n) is 5.08. The van der Waals surface area contributed by atoms with Crippen molar-refractivity contribution >= 4 is 11.7 Å². The van der Waals surface area contributed by atoms with E-state index in [-0.39, 0.29) is 25.0 Å². The molecule has 108 valence electrons. The first kappa shape index (κ1) is 17.4. The van der Waals surface area contributed by atoms with E-state index < -0.39 is 0 Å². The van der Waals surface area contributed by atoms with Crippen molar-refractivity contribution in [2.45, 2.75) is 27.7 Å². The summed E-state index contributed by atoms with van der Waals surface area (Å²) in [5.74, 6) is 0.868. The fourth-order valence-electron chi connectivity index (χ4n) is 2.00. The highest BCUT2D eigenvalue weighted by Crippen LogP contribution is 2.24. The normalized spacial score (nSPS) is 26.3. The quantitative estimate of drug-likeness (QED) is 0.675. The number of nitrogens with zero attached hydrogens (tertiary/aromatic N) is 2. The maximum atomic E-state index is 10.9. The second kappa shape index (κ2) is 6.55. The molecule has 19 heavy (non-hydrogen) atoms. The molecule has 1 amide bonds. The van der Waals surface area contributed by atoms with Crippen LogP contribution in [0.2, 0.25) is 0 Å². The molecule has 0 saturated carbocycles. The average Bonchev–Trinajstić information content (AvgIpc) is 2.66. The third-order valence-corrected chi connectivity index (χ3v) is 3.72. The van der Waals surface area contributed by atoms with Gasteiger partial charge in [0.2, 0.25) is 5.91 Å². The number of rotatable bonds is 0. The lowest BCUT2D eigenvalue weighted by Crippen LogP contribution is -2.16. The van der Waals surface area contributed by atoms with Crippen LogP contribution in [0.5, 0.6) is 0 Å². The predicted molar refractivity (Wildman–Crippen MR) is 78.4 cm³/mol. The van der Waals surface area contributed by atoms with Crippen LogP contribution in [0.1, 0.15) is 27.7 Å². The Hall–Kier alpha value is -1.58. The highest BCUT2D eigenvalue weighted by Gasteiger charge is 2.27. The average molecular weight is 266 g/mol.